The van der Waals surface area contributed by atoms with Gasteiger partial charge in [0.1, 0.15) is 0 Å². The first-order valence-corrected chi connectivity index (χ1v) is 6.83. The van der Waals surface area contributed by atoms with E-state index in [2.05, 4.69) is 27.0 Å². The van der Waals surface area contributed by atoms with Crippen molar-refractivity contribution < 1.29 is 10.2 Å². The predicted molar refractivity (Wildman–Crippen MR) is 76.3 cm³/mol. The van der Waals surface area contributed by atoms with Gasteiger partial charge in [-0.15, -0.1) is 13.2 Å². The van der Waals surface area contributed by atoms with Gasteiger partial charge in [0.25, 0.3) is 0 Å². The van der Waals surface area contributed by atoms with Crippen molar-refractivity contribution in [3.63, 3.8) is 0 Å². The van der Waals surface area contributed by atoms with Gasteiger partial charge in [0.2, 0.25) is 0 Å². The van der Waals surface area contributed by atoms with E-state index in [0.29, 0.717) is 12.8 Å². The molecule has 3 atom stereocenters. The summed E-state index contributed by atoms with van der Waals surface area (Å²) >= 11 is 0. The van der Waals surface area contributed by atoms with E-state index < -0.39 is 17.1 Å². The molecule has 0 unspecified atom stereocenters. The van der Waals surface area contributed by atoms with Gasteiger partial charge in [0.05, 0.1) is 11.7 Å². The van der Waals surface area contributed by atoms with Crippen molar-refractivity contribution in [2.45, 2.75) is 64.6 Å². The van der Waals surface area contributed by atoms with Crippen molar-refractivity contribution in [3.8, 4) is 0 Å². The molecule has 0 amide bonds. The molecule has 2 N–H and O–H groups in total. The van der Waals surface area contributed by atoms with Crippen LogP contribution >= 0.6 is 0 Å². The number of hydrogen-bond donors (Lipinski definition) is 2. The number of hydrogen-bond acceptors (Lipinski definition) is 2. The molecule has 104 valence electrons. The number of allylic oxidation sites excluding steroid dienone is 1. The summed E-state index contributed by atoms with van der Waals surface area (Å²) in [7, 11) is 0. The second-order valence-corrected chi connectivity index (χ2v) is 6.83. The van der Waals surface area contributed by atoms with Crippen LogP contribution in [0.5, 0.6) is 0 Å². The monoisotopic (exact) mass is 252 g/mol. The zero-order chi connectivity index (χ0) is 14.0. The van der Waals surface area contributed by atoms with E-state index in [0.717, 1.165) is 19.3 Å². The van der Waals surface area contributed by atoms with Crippen LogP contribution in [0.2, 0.25) is 0 Å². The highest BCUT2D eigenvalue weighted by Crippen LogP contribution is 2.54. The molecule has 0 bridgehead atoms. The minimum absolute atomic E-state index is 0.0368. The SMILES string of the molecule is C=CCC[C@@]1(C)[C@@H](O)CC(C)(C)C[C@@]1(O)CC=C. The molecule has 1 fully saturated rings. The summed E-state index contributed by atoms with van der Waals surface area (Å²) in [5, 5.41) is 21.6. The highest BCUT2D eigenvalue weighted by atomic mass is 16.3. The molecular formula is C16H28O2. The maximum atomic E-state index is 11.1. The summed E-state index contributed by atoms with van der Waals surface area (Å²) in [6.07, 6.45) is 6.68. The molecule has 0 spiro atoms. The van der Waals surface area contributed by atoms with Crippen LogP contribution < -0.4 is 0 Å². The Bertz CT molecular complexity index is 321. The first-order valence-electron chi connectivity index (χ1n) is 6.83. The summed E-state index contributed by atoms with van der Waals surface area (Å²) in [6.45, 7) is 13.7. The van der Waals surface area contributed by atoms with Crippen LogP contribution in [0.15, 0.2) is 25.3 Å². The van der Waals surface area contributed by atoms with Gasteiger partial charge in [0.15, 0.2) is 0 Å². The molecule has 0 aromatic heterocycles. The Morgan fingerprint density at radius 3 is 2.33 bits per heavy atom. The number of aliphatic hydroxyl groups is 2. The fraction of sp³-hybridized carbons (Fsp3) is 0.750. The van der Waals surface area contributed by atoms with E-state index in [1.165, 1.54) is 0 Å². The normalized spacial score (nSPS) is 39.3. The van der Waals surface area contributed by atoms with E-state index in [9.17, 15) is 10.2 Å². The van der Waals surface area contributed by atoms with Crippen LogP contribution in [0, 0.1) is 10.8 Å². The number of rotatable bonds is 5. The summed E-state index contributed by atoms with van der Waals surface area (Å²) in [4.78, 5) is 0. The fourth-order valence-corrected chi connectivity index (χ4v) is 3.47. The van der Waals surface area contributed by atoms with Gasteiger partial charge >= 0.3 is 0 Å². The van der Waals surface area contributed by atoms with Crippen LogP contribution in [0.25, 0.3) is 0 Å². The average molecular weight is 252 g/mol. The first-order chi connectivity index (χ1) is 8.21. The van der Waals surface area contributed by atoms with Crippen molar-refractivity contribution in [2.75, 3.05) is 0 Å². The van der Waals surface area contributed by atoms with Crippen LogP contribution in [0.3, 0.4) is 0 Å². The second kappa shape index (κ2) is 5.18. The molecule has 1 saturated carbocycles. The molecule has 1 rings (SSSR count). The van der Waals surface area contributed by atoms with Gasteiger partial charge in [0, 0.05) is 5.41 Å². The highest BCUT2D eigenvalue weighted by molar-refractivity contribution is 5.10. The average Bonchev–Trinajstić information content (AvgIpc) is 2.22. The van der Waals surface area contributed by atoms with Gasteiger partial charge in [-0.1, -0.05) is 32.9 Å². The largest absolute Gasteiger partial charge is 0.392 e. The highest BCUT2D eigenvalue weighted by Gasteiger charge is 2.56. The second-order valence-electron chi connectivity index (χ2n) is 6.83. The molecule has 18 heavy (non-hydrogen) atoms. The number of aliphatic hydroxyl groups excluding tert-OH is 1. The summed E-state index contributed by atoms with van der Waals surface area (Å²) in [6, 6.07) is 0. The lowest BCUT2D eigenvalue weighted by atomic mass is 9.53. The molecule has 0 heterocycles. The fourth-order valence-electron chi connectivity index (χ4n) is 3.47. The molecular weight excluding hydrogens is 224 g/mol. The van der Waals surface area contributed by atoms with Gasteiger partial charge in [-0.05, 0) is 37.5 Å². The van der Waals surface area contributed by atoms with E-state index in [-0.39, 0.29) is 5.41 Å². The van der Waals surface area contributed by atoms with Crippen LogP contribution in [0.1, 0.15) is 52.9 Å². The minimum atomic E-state index is -0.876. The van der Waals surface area contributed by atoms with Crippen molar-refractivity contribution in [2.24, 2.45) is 10.8 Å². The molecule has 0 aliphatic heterocycles. The lowest BCUT2D eigenvalue weighted by molar-refractivity contribution is -0.194. The minimum Gasteiger partial charge on any atom is -0.392 e. The molecule has 0 radical (unpaired) electrons. The first kappa shape index (κ1) is 15.5. The van der Waals surface area contributed by atoms with Gasteiger partial charge < -0.3 is 10.2 Å². The van der Waals surface area contributed by atoms with Crippen LogP contribution in [0.4, 0.5) is 0 Å². The smallest absolute Gasteiger partial charge is 0.0765 e. The lowest BCUT2D eigenvalue weighted by Gasteiger charge is -2.56. The molecule has 2 heteroatoms. The Morgan fingerprint density at radius 1 is 1.22 bits per heavy atom. The third kappa shape index (κ3) is 2.70. The third-order valence-corrected chi connectivity index (χ3v) is 4.67. The summed E-state index contributed by atoms with van der Waals surface area (Å²) < 4.78 is 0. The van der Waals surface area contributed by atoms with Crippen molar-refractivity contribution in [1.82, 2.24) is 0 Å². The van der Waals surface area contributed by atoms with Gasteiger partial charge in [-0.25, -0.2) is 0 Å². The maximum absolute atomic E-state index is 11.1. The molecule has 1 aliphatic rings. The Morgan fingerprint density at radius 2 is 1.83 bits per heavy atom. The third-order valence-electron chi connectivity index (χ3n) is 4.67. The maximum Gasteiger partial charge on any atom is 0.0765 e. The Balaban J connectivity index is 3.09. The zero-order valence-electron chi connectivity index (χ0n) is 12.1. The zero-order valence-corrected chi connectivity index (χ0v) is 12.1. The molecule has 2 nitrogen and oxygen atoms in total. The summed E-state index contributed by atoms with van der Waals surface area (Å²) in [5.41, 5.74) is -1.39. The predicted octanol–water partition coefficient (Wildman–Crippen LogP) is 3.45. The Labute approximate surface area is 111 Å². The molecule has 0 aromatic rings. The summed E-state index contributed by atoms with van der Waals surface area (Å²) in [5.74, 6) is 0. The van der Waals surface area contributed by atoms with Crippen LogP contribution in [-0.2, 0) is 0 Å². The quantitative estimate of drug-likeness (QED) is 0.736. The Hall–Kier alpha value is -0.600. The van der Waals surface area contributed by atoms with Crippen molar-refractivity contribution in [3.05, 3.63) is 25.3 Å². The van der Waals surface area contributed by atoms with Gasteiger partial charge in [-0.3, -0.25) is 0 Å². The van der Waals surface area contributed by atoms with Crippen molar-refractivity contribution >= 4 is 0 Å². The molecule has 0 aromatic carbocycles. The van der Waals surface area contributed by atoms with E-state index in [1.807, 2.05) is 13.0 Å². The standard InChI is InChI=1S/C16H28O2/c1-6-8-10-15(5)13(17)11-14(3,4)12-16(15,18)9-7-2/h6-7,13,17-18H,1-2,8-12H2,3-5H3/t13-,15-,16-/m0/s1. The molecule has 1 aliphatic carbocycles. The van der Waals surface area contributed by atoms with E-state index in [1.54, 1.807) is 6.08 Å². The van der Waals surface area contributed by atoms with Crippen LogP contribution in [-0.4, -0.2) is 21.9 Å². The Kier molecular flexibility index (Phi) is 4.45. The van der Waals surface area contributed by atoms with Gasteiger partial charge in [-0.2, -0.15) is 0 Å². The van der Waals surface area contributed by atoms with Crippen molar-refractivity contribution in [1.29, 1.82) is 0 Å². The molecule has 0 saturated heterocycles. The lowest BCUT2D eigenvalue weighted by Crippen LogP contribution is -2.59. The van der Waals surface area contributed by atoms with E-state index in [4.69, 9.17) is 0 Å². The topological polar surface area (TPSA) is 40.5 Å². The van der Waals surface area contributed by atoms with E-state index >= 15 is 0 Å².